The number of hydrogen-bond acceptors (Lipinski definition) is 6. The minimum atomic E-state index is -0.594. The standard InChI is InChI=1S/C30H46O6/c1-6-9-26(4)23-17-30(33-14-15-34-30)27(5)22(21(23)8-11-29(26)31-12-13-32-29)16-24-25(27)20(3)28(36-24)10-7-19(2)18-35-28/h6,19-25H,1,7-18H2,2-5H3/t19-,20+,21+,22+,23+,24+,25+,26-,27+,28+/m0/s1. The molecule has 3 saturated carbocycles. The van der Waals surface area contributed by atoms with Crippen LogP contribution in [0.4, 0.5) is 0 Å². The highest BCUT2D eigenvalue weighted by Gasteiger charge is 2.78. The lowest BCUT2D eigenvalue weighted by molar-refractivity contribution is -0.346. The van der Waals surface area contributed by atoms with Crippen molar-refractivity contribution in [1.29, 1.82) is 0 Å². The molecule has 0 amide bonds. The Morgan fingerprint density at radius 3 is 2.19 bits per heavy atom. The van der Waals surface area contributed by atoms with Crippen LogP contribution in [-0.2, 0) is 28.4 Å². The third kappa shape index (κ3) is 2.85. The first-order valence-electron chi connectivity index (χ1n) is 14.7. The van der Waals surface area contributed by atoms with Crippen LogP contribution < -0.4 is 0 Å². The lowest BCUT2D eigenvalue weighted by Crippen LogP contribution is -2.68. The summed E-state index contributed by atoms with van der Waals surface area (Å²) >= 11 is 0. The molecule has 36 heavy (non-hydrogen) atoms. The van der Waals surface area contributed by atoms with Crippen molar-refractivity contribution in [3.05, 3.63) is 12.7 Å². The lowest BCUT2D eigenvalue weighted by atomic mass is 9.44. The third-order valence-electron chi connectivity index (χ3n) is 12.4. The molecule has 7 rings (SSSR count). The maximum absolute atomic E-state index is 7.01. The van der Waals surface area contributed by atoms with E-state index < -0.39 is 17.4 Å². The third-order valence-corrected chi connectivity index (χ3v) is 12.4. The van der Waals surface area contributed by atoms with Gasteiger partial charge in [0.2, 0.25) is 0 Å². The first kappa shape index (κ1) is 24.5. The Balaban J connectivity index is 1.29. The second-order valence-corrected chi connectivity index (χ2v) is 13.7. The molecule has 3 aliphatic carbocycles. The normalized spacial score (nSPS) is 54.6. The fourth-order valence-corrected chi connectivity index (χ4v) is 10.8. The van der Waals surface area contributed by atoms with Crippen LogP contribution in [0.1, 0.15) is 72.6 Å². The van der Waals surface area contributed by atoms with Crippen LogP contribution in [-0.4, -0.2) is 56.5 Å². The molecule has 4 aliphatic heterocycles. The van der Waals surface area contributed by atoms with Gasteiger partial charge in [0.05, 0.1) is 39.1 Å². The van der Waals surface area contributed by atoms with Crippen LogP contribution in [0.25, 0.3) is 0 Å². The maximum Gasteiger partial charge on any atom is 0.174 e. The summed E-state index contributed by atoms with van der Waals surface area (Å²) in [5, 5.41) is 0. The molecule has 0 unspecified atom stereocenters. The van der Waals surface area contributed by atoms with Crippen molar-refractivity contribution >= 4 is 0 Å². The Hall–Kier alpha value is -0.500. The van der Waals surface area contributed by atoms with Gasteiger partial charge in [-0.3, -0.25) is 0 Å². The van der Waals surface area contributed by atoms with E-state index in [1.54, 1.807) is 0 Å². The average molecular weight is 503 g/mol. The number of rotatable bonds is 2. The zero-order valence-electron chi connectivity index (χ0n) is 22.8. The quantitative estimate of drug-likeness (QED) is 0.478. The molecule has 0 bridgehead atoms. The number of ether oxygens (including phenoxy) is 6. The van der Waals surface area contributed by atoms with Gasteiger partial charge in [-0.05, 0) is 49.4 Å². The van der Waals surface area contributed by atoms with E-state index in [1.165, 1.54) is 6.42 Å². The zero-order chi connectivity index (χ0) is 25.0. The van der Waals surface area contributed by atoms with E-state index in [1.807, 2.05) is 0 Å². The molecule has 3 spiro atoms. The predicted molar refractivity (Wildman–Crippen MR) is 134 cm³/mol. The first-order valence-corrected chi connectivity index (χ1v) is 14.7. The van der Waals surface area contributed by atoms with Crippen molar-refractivity contribution in [3.63, 3.8) is 0 Å². The maximum atomic E-state index is 7.01. The SMILES string of the molecule is C=CC[C@@]1(C)[C@@H]2CC3(OCCO3)[C@@]3(C)[C@@H]4[C@@H](C)[C@@]5(CC[C@H](C)CO5)O[C@@H]4C[C@@H]3[C@H]2CCC12OCCO2. The Morgan fingerprint density at radius 1 is 0.861 bits per heavy atom. The van der Waals surface area contributed by atoms with Crippen molar-refractivity contribution in [2.45, 2.75) is 96.1 Å². The average Bonchev–Trinajstić information content (AvgIpc) is 3.63. The second kappa shape index (κ2) is 8.02. The van der Waals surface area contributed by atoms with Gasteiger partial charge < -0.3 is 28.4 Å². The predicted octanol–water partition coefficient (Wildman–Crippen LogP) is 5.31. The minimum absolute atomic E-state index is 0.109. The first-order chi connectivity index (χ1) is 17.2. The topological polar surface area (TPSA) is 55.4 Å². The Labute approximate surface area is 216 Å². The van der Waals surface area contributed by atoms with E-state index in [0.29, 0.717) is 61.9 Å². The minimum Gasteiger partial charge on any atom is -0.349 e. The molecule has 7 aliphatic rings. The molecule has 0 radical (unpaired) electrons. The van der Waals surface area contributed by atoms with Crippen molar-refractivity contribution in [1.82, 2.24) is 0 Å². The smallest absolute Gasteiger partial charge is 0.174 e. The van der Waals surface area contributed by atoms with E-state index in [2.05, 4.69) is 40.3 Å². The van der Waals surface area contributed by atoms with Gasteiger partial charge in [-0.1, -0.05) is 33.8 Å². The lowest BCUT2D eigenvalue weighted by Gasteiger charge is -2.65. The van der Waals surface area contributed by atoms with Gasteiger partial charge in [-0.2, -0.15) is 0 Å². The van der Waals surface area contributed by atoms with E-state index in [0.717, 1.165) is 45.1 Å². The molecule has 0 N–H and O–H groups in total. The molecule has 6 heteroatoms. The molecule has 10 atom stereocenters. The summed E-state index contributed by atoms with van der Waals surface area (Å²) < 4.78 is 40.1. The van der Waals surface area contributed by atoms with Gasteiger partial charge in [0.1, 0.15) is 0 Å². The van der Waals surface area contributed by atoms with Crippen LogP contribution in [0.3, 0.4) is 0 Å². The highest BCUT2D eigenvalue weighted by molar-refractivity contribution is 5.22. The fraction of sp³-hybridized carbons (Fsp3) is 0.933. The summed E-state index contributed by atoms with van der Waals surface area (Å²) in [5.41, 5.74) is -0.270. The summed E-state index contributed by atoms with van der Waals surface area (Å²) in [5.74, 6) is 1.18. The molecular weight excluding hydrogens is 456 g/mol. The summed E-state index contributed by atoms with van der Waals surface area (Å²) in [7, 11) is 0. The van der Waals surface area contributed by atoms with Gasteiger partial charge >= 0.3 is 0 Å². The van der Waals surface area contributed by atoms with Crippen molar-refractivity contribution in [3.8, 4) is 0 Å². The molecule has 0 aromatic carbocycles. The molecule has 202 valence electrons. The molecule has 6 nitrogen and oxygen atoms in total. The Morgan fingerprint density at radius 2 is 1.56 bits per heavy atom. The number of hydrogen-bond donors (Lipinski definition) is 0. The van der Waals surface area contributed by atoms with Gasteiger partial charge in [0.15, 0.2) is 17.4 Å². The summed E-state index contributed by atoms with van der Waals surface area (Å²) in [6.45, 7) is 17.2. The number of allylic oxidation sites excluding steroid dienone is 1. The molecule has 4 heterocycles. The van der Waals surface area contributed by atoms with Gasteiger partial charge in [0.25, 0.3) is 0 Å². The van der Waals surface area contributed by atoms with Gasteiger partial charge in [-0.25, -0.2) is 0 Å². The Kier molecular flexibility index (Phi) is 5.46. The van der Waals surface area contributed by atoms with Crippen LogP contribution in [0.5, 0.6) is 0 Å². The molecule has 0 aromatic rings. The summed E-state index contributed by atoms with van der Waals surface area (Å²) in [6.07, 6.45) is 9.37. The van der Waals surface area contributed by atoms with E-state index >= 15 is 0 Å². The van der Waals surface area contributed by atoms with Crippen LogP contribution >= 0.6 is 0 Å². The van der Waals surface area contributed by atoms with E-state index in [9.17, 15) is 0 Å². The van der Waals surface area contributed by atoms with Crippen LogP contribution in [0.15, 0.2) is 12.7 Å². The van der Waals surface area contributed by atoms with E-state index in [-0.39, 0.29) is 16.9 Å². The zero-order valence-corrected chi connectivity index (χ0v) is 22.8. The highest BCUT2D eigenvalue weighted by Crippen LogP contribution is 2.75. The second-order valence-electron chi connectivity index (χ2n) is 13.7. The summed E-state index contributed by atoms with van der Waals surface area (Å²) in [6, 6.07) is 0. The molecule has 4 saturated heterocycles. The Bertz CT molecular complexity index is 884. The van der Waals surface area contributed by atoms with Gasteiger partial charge in [-0.15, -0.1) is 6.58 Å². The highest BCUT2D eigenvalue weighted by atomic mass is 16.7. The fourth-order valence-electron chi connectivity index (χ4n) is 10.8. The summed E-state index contributed by atoms with van der Waals surface area (Å²) in [4.78, 5) is 0. The molecule has 7 fully saturated rings. The largest absolute Gasteiger partial charge is 0.349 e. The van der Waals surface area contributed by atoms with Crippen LogP contribution in [0, 0.1) is 46.3 Å². The molecular formula is C30H46O6. The number of fused-ring (bicyclic) bond motifs is 6. The molecule has 0 aromatic heterocycles. The van der Waals surface area contributed by atoms with Crippen LogP contribution in [0.2, 0.25) is 0 Å². The van der Waals surface area contributed by atoms with Crippen molar-refractivity contribution < 1.29 is 28.4 Å². The monoisotopic (exact) mass is 502 g/mol. The van der Waals surface area contributed by atoms with Crippen molar-refractivity contribution in [2.75, 3.05) is 33.0 Å². The van der Waals surface area contributed by atoms with Crippen molar-refractivity contribution in [2.24, 2.45) is 46.3 Å². The van der Waals surface area contributed by atoms with Gasteiger partial charge in [0, 0.05) is 41.9 Å². The van der Waals surface area contributed by atoms with E-state index in [4.69, 9.17) is 28.4 Å².